The van der Waals surface area contributed by atoms with Crippen LogP contribution < -0.4 is 0 Å². The molecule has 3 heterocycles. The van der Waals surface area contributed by atoms with Crippen molar-refractivity contribution in [2.75, 3.05) is 13.6 Å². The Labute approximate surface area is 190 Å². The van der Waals surface area contributed by atoms with E-state index in [4.69, 9.17) is 14.2 Å². The van der Waals surface area contributed by atoms with Crippen LogP contribution in [0.25, 0.3) is 0 Å². The molecule has 6 rings (SSSR count). The summed E-state index contributed by atoms with van der Waals surface area (Å²) in [5.41, 5.74) is 2.01. The molecule has 0 aromatic rings. The van der Waals surface area contributed by atoms with E-state index in [0.29, 0.717) is 24.0 Å². The van der Waals surface area contributed by atoms with Crippen LogP contribution in [0.4, 0.5) is 0 Å². The Morgan fingerprint density at radius 1 is 1.15 bits per heavy atom. The first-order valence-electron chi connectivity index (χ1n) is 11.5. The highest BCUT2D eigenvalue weighted by atomic mass is 16.7. The van der Waals surface area contributed by atoms with E-state index in [1.165, 1.54) is 5.57 Å². The molecule has 1 spiro atoms. The highest BCUT2D eigenvalue weighted by Gasteiger charge is 2.66. The van der Waals surface area contributed by atoms with Gasteiger partial charge in [-0.05, 0) is 32.9 Å². The molecule has 2 bridgehead atoms. The zero-order valence-electron chi connectivity index (χ0n) is 18.2. The number of hydrogen-bond acceptors (Lipinski definition) is 9. The number of ether oxygens (including phenoxy) is 3. The predicted octanol–water partition coefficient (Wildman–Crippen LogP) is -0.763. The number of aliphatic hydroxyl groups excluding tert-OH is 4. The van der Waals surface area contributed by atoms with Gasteiger partial charge in [-0.3, -0.25) is 0 Å². The van der Waals surface area contributed by atoms with Crippen molar-refractivity contribution in [3.05, 3.63) is 34.8 Å². The molecule has 0 unspecified atom stereocenters. The van der Waals surface area contributed by atoms with Gasteiger partial charge in [0.1, 0.15) is 36.3 Å². The molecule has 5 N–H and O–H groups in total. The third-order valence-electron chi connectivity index (χ3n) is 8.51. The normalized spacial score (nSPS) is 48.5. The van der Waals surface area contributed by atoms with Gasteiger partial charge < -0.3 is 44.6 Å². The van der Waals surface area contributed by atoms with Gasteiger partial charge in [0.15, 0.2) is 11.9 Å². The largest absolute Gasteiger partial charge is 0.483 e. The standard InChI is InChI=1S/C23H29NO9/c1-24-7-6-23-10-3-4-12(25)20(23)32-18-13(5-2-9(14(18)23)8-11(10)24)31-22-17(28)15(26)16(27)19(33-22)21(29)30/h3-4,10-12,15-17,19-20,22,25-28H,2,5-8H2,1H3,(H,29,30)/t10-,11+,12-,15-,16-,17+,19-,20-,22-,23-/m0/s1. The van der Waals surface area contributed by atoms with E-state index in [0.717, 1.165) is 31.4 Å². The monoisotopic (exact) mass is 463 g/mol. The second-order valence-corrected chi connectivity index (χ2v) is 10.1. The number of aliphatic carboxylic acids is 1. The SMILES string of the molecule is CN1CC[C@]23C4=C5CCC(O[C@H]6O[C@H](C(=O)O)[C@@H](O)[C@H](O)[C@H]6O)=C4O[C@H]2[C@@H](O)C=C[C@H]3[C@H]1C5. The lowest BCUT2D eigenvalue weighted by molar-refractivity contribution is -0.285. The van der Waals surface area contributed by atoms with Crippen molar-refractivity contribution < 1.29 is 44.5 Å². The first kappa shape index (κ1) is 21.6. The highest BCUT2D eigenvalue weighted by Crippen LogP contribution is 2.65. The van der Waals surface area contributed by atoms with Crippen LogP contribution in [0.3, 0.4) is 0 Å². The van der Waals surface area contributed by atoms with Crippen molar-refractivity contribution in [1.82, 2.24) is 4.90 Å². The lowest BCUT2D eigenvalue weighted by Crippen LogP contribution is -2.61. The second kappa shape index (κ2) is 7.27. The summed E-state index contributed by atoms with van der Waals surface area (Å²) in [5, 5.41) is 50.7. The van der Waals surface area contributed by atoms with Crippen molar-refractivity contribution in [1.29, 1.82) is 0 Å². The molecule has 33 heavy (non-hydrogen) atoms. The summed E-state index contributed by atoms with van der Waals surface area (Å²) in [7, 11) is 2.14. The molecule has 0 aromatic heterocycles. The lowest BCUT2D eigenvalue weighted by Gasteiger charge is -2.56. The molecule has 3 fully saturated rings. The maximum atomic E-state index is 11.5. The molecular weight excluding hydrogens is 434 g/mol. The molecule has 0 amide bonds. The summed E-state index contributed by atoms with van der Waals surface area (Å²) < 4.78 is 17.7. The van der Waals surface area contributed by atoms with E-state index in [1.807, 2.05) is 6.08 Å². The van der Waals surface area contributed by atoms with E-state index < -0.39 is 48.9 Å². The summed E-state index contributed by atoms with van der Waals surface area (Å²) in [6, 6.07) is 0.339. The van der Waals surface area contributed by atoms with Gasteiger partial charge in [-0.15, -0.1) is 0 Å². The number of likely N-dealkylation sites (tertiary alicyclic amines) is 1. The van der Waals surface area contributed by atoms with Gasteiger partial charge in [0.05, 0.1) is 0 Å². The smallest absolute Gasteiger partial charge is 0.335 e. The van der Waals surface area contributed by atoms with Crippen LogP contribution >= 0.6 is 0 Å². The molecule has 10 heteroatoms. The lowest BCUT2D eigenvalue weighted by atomic mass is 9.52. The molecule has 3 aliphatic heterocycles. The van der Waals surface area contributed by atoms with Crippen LogP contribution in [0.1, 0.15) is 25.7 Å². The van der Waals surface area contributed by atoms with Gasteiger partial charge in [0.2, 0.25) is 6.29 Å². The Balaban J connectivity index is 1.39. The number of carboxylic acid groups (broad SMARTS) is 1. The highest BCUT2D eigenvalue weighted by molar-refractivity contribution is 5.73. The number of allylic oxidation sites excluding steroid dienone is 2. The molecule has 0 aromatic carbocycles. The minimum Gasteiger partial charge on any atom is -0.483 e. The summed E-state index contributed by atoms with van der Waals surface area (Å²) in [4.78, 5) is 13.8. The Kier molecular flexibility index (Phi) is 4.75. The number of carbonyl (C=O) groups is 1. The second-order valence-electron chi connectivity index (χ2n) is 10.1. The molecule has 0 saturated carbocycles. The van der Waals surface area contributed by atoms with Gasteiger partial charge in [-0.1, -0.05) is 17.7 Å². The van der Waals surface area contributed by atoms with Crippen molar-refractivity contribution >= 4 is 5.97 Å². The van der Waals surface area contributed by atoms with E-state index in [2.05, 4.69) is 18.0 Å². The first-order chi connectivity index (χ1) is 15.7. The fourth-order valence-electron chi connectivity index (χ4n) is 6.93. The Morgan fingerprint density at radius 3 is 2.70 bits per heavy atom. The van der Waals surface area contributed by atoms with Gasteiger partial charge >= 0.3 is 5.97 Å². The molecule has 6 aliphatic rings. The molecule has 10 atom stereocenters. The Hall–Kier alpha value is -1.95. The van der Waals surface area contributed by atoms with Crippen molar-refractivity contribution in [3.63, 3.8) is 0 Å². The van der Waals surface area contributed by atoms with E-state index >= 15 is 0 Å². The number of nitrogens with zero attached hydrogens (tertiary/aromatic N) is 1. The maximum absolute atomic E-state index is 11.5. The van der Waals surface area contributed by atoms with Crippen LogP contribution in [0.5, 0.6) is 0 Å². The fraction of sp³-hybridized carbons (Fsp3) is 0.696. The maximum Gasteiger partial charge on any atom is 0.335 e. The van der Waals surface area contributed by atoms with E-state index in [1.54, 1.807) is 0 Å². The number of hydrogen-bond donors (Lipinski definition) is 5. The van der Waals surface area contributed by atoms with Crippen LogP contribution in [0.2, 0.25) is 0 Å². The molecule has 3 aliphatic carbocycles. The fourth-order valence-corrected chi connectivity index (χ4v) is 6.93. The van der Waals surface area contributed by atoms with Gasteiger partial charge in [-0.2, -0.15) is 0 Å². The van der Waals surface area contributed by atoms with Crippen molar-refractivity contribution in [3.8, 4) is 0 Å². The molecular formula is C23H29NO9. The topological polar surface area (TPSA) is 149 Å². The third kappa shape index (κ3) is 2.79. The number of rotatable bonds is 3. The number of aliphatic hydroxyl groups is 4. The zero-order chi connectivity index (χ0) is 23.2. The van der Waals surface area contributed by atoms with Crippen LogP contribution in [-0.2, 0) is 19.0 Å². The molecule has 10 nitrogen and oxygen atoms in total. The van der Waals surface area contributed by atoms with E-state index in [-0.39, 0.29) is 11.3 Å². The molecule has 180 valence electrons. The minimum atomic E-state index is -1.78. The summed E-state index contributed by atoms with van der Waals surface area (Å²) >= 11 is 0. The predicted molar refractivity (Wildman–Crippen MR) is 110 cm³/mol. The molecule has 0 radical (unpaired) electrons. The van der Waals surface area contributed by atoms with Gasteiger partial charge in [-0.25, -0.2) is 4.79 Å². The third-order valence-corrected chi connectivity index (χ3v) is 8.51. The Bertz CT molecular complexity index is 975. The number of piperidine rings is 1. The van der Waals surface area contributed by atoms with Crippen LogP contribution in [0, 0.1) is 11.3 Å². The average molecular weight is 463 g/mol. The first-order valence-corrected chi connectivity index (χ1v) is 11.5. The quantitative estimate of drug-likeness (QED) is 0.338. The van der Waals surface area contributed by atoms with Crippen LogP contribution in [-0.4, -0.2) is 98.9 Å². The van der Waals surface area contributed by atoms with Crippen molar-refractivity contribution in [2.45, 2.75) is 74.6 Å². The summed E-state index contributed by atoms with van der Waals surface area (Å²) in [6.45, 7) is 0.886. The summed E-state index contributed by atoms with van der Waals surface area (Å²) in [6.07, 6.45) is -2.73. The zero-order valence-corrected chi connectivity index (χ0v) is 18.2. The van der Waals surface area contributed by atoms with Crippen LogP contribution in [0.15, 0.2) is 34.8 Å². The number of carboxylic acids is 1. The van der Waals surface area contributed by atoms with Gasteiger partial charge in [0.25, 0.3) is 0 Å². The van der Waals surface area contributed by atoms with Gasteiger partial charge in [0, 0.05) is 29.4 Å². The van der Waals surface area contributed by atoms with Crippen molar-refractivity contribution in [2.24, 2.45) is 11.3 Å². The Morgan fingerprint density at radius 2 is 1.94 bits per heavy atom. The minimum absolute atomic E-state index is 0.199. The van der Waals surface area contributed by atoms with E-state index in [9.17, 15) is 30.3 Å². The molecule has 3 saturated heterocycles. The summed E-state index contributed by atoms with van der Waals surface area (Å²) in [5.74, 6) is -0.305. The average Bonchev–Trinajstić information content (AvgIpc) is 3.14.